The number of nitrogens with zero attached hydrogens (tertiary/aromatic N) is 4. The summed E-state index contributed by atoms with van der Waals surface area (Å²) in [5.41, 5.74) is 4.17. The SMILES string of the molecule is c1ccc(-c2cnc3ccc(-n4cccn4)cn23)cc1. The smallest absolute Gasteiger partial charge is 0.137 e. The summed E-state index contributed by atoms with van der Waals surface area (Å²) in [6.07, 6.45) is 7.66. The zero-order valence-electron chi connectivity index (χ0n) is 10.7. The van der Waals surface area contributed by atoms with Gasteiger partial charge in [-0.2, -0.15) is 5.10 Å². The van der Waals surface area contributed by atoms with Crippen LogP contribution in [0.2, 0.25) is 0 Å². The number of fused-ring (bicyclic) bond motifs is 1. The molecule has 3 aromatic heterocycles. The minimum atomic E-state index is 0.930. The van der Waals surface area contributed by atoms with E-state index in [2.05, 4.69) is 32.8 Å². The molecule has 4 rings (SSSR count). The lowest BCUT2D eigenvalue weighted by atomic mass is 10.2. The Kier molecular flexibility index (Phi) is 2.39. The quantitative estimate of drug-likeness (QED) is 0.555. The topological polar surface area (TPSA) is 35.1 Å². The third-order valence-electron chi connectivity index (χ3n) is 3.33. The van der Waals surface area contributed by atoms with Crippen LogP contribution in [0.4, 0.5) is 0 Å². The summed E-state index contributed by atoms with van der Waals surface area (Å²) in [6.45, 7) is 0. The third kappa shape index (κ3) is 1.70. The fourth-order valence-electron chi connectivity index (χ4n) is 2.35. The predicted octanol–water partition coefficient (Wildman–Crippen LogP) is 3.19. The van der Waals surface area contributed by atoms with E-state index in [4.69, 9.17) is 0 Å². The van der Waals surface area contributed by atoms with Gasteiger partial charge in [-0.15, -0.1) is 0 Å². The molecule has 0 amide bonds. The van der Waals surface area contributed by atoms with Crippen molar-refractivity contribution in [2.24, 2.45) is 0 Å². The summed E-state index contributed by atoms with van der Waals surface area (Å²) >= 11 is 0. The van der Waals surface area contributed by atoms with Gasteiger partial charge in [0.05, 0.1) is 17.6 Å². The van der Waals surface area contributed by atoms with E-state index < -0.39 is 0 Å². The Balaban J connectivity index is 1.93. The highest BCUT2D eigenvalue weighted by Crippen LogP contribution is 2.21. The number of pyridine rings is 1. The second-order valence-corrected chi connectivity index (χ2v) is 4.58. The summed E-state index contributed by atoms with van der Waals surface area (Å²) in [7, 11) is 0. The van der Waals surface area contributed by atoms with Crippen molar-refractivity contribution >= 4 is 5.65 Å². The molecule has 0 saturated heterocycles. The molecule has 4 aromatic rings. The Morgan fingerprint density at radius 1 is 0.900 bits per heavy atom. The van der Waals surface area contributed by atoms with Gasteiger partial charge in [-0.1, -0.05) is 30.3 Å². The third-order valence-corrected chi connectivity index (χ3v) is 3.33. The molecule has 0 spiro atoms. The average molecular weight is 260 g/mol. The van der Waals surface area contributed by atoms with Crippen molar-refractivity contribution in [3.05, 3.63) is 73.3 Å². The predicted molar refractivity (Wildman–Crippen MR) is 77.8 cm³/mol. The average Bonchev–Trinajstić information content (AvgIpc) is 3.17. The lowest BCUT2D eigenvalue weighted by Crippen LogP contribution is -1.97. The van der Waals surface area contributed by atoms with E-state index in [1.54, 1.807) is 6.20 Å². The van der Waals surface area contributed by atoms with Gasteiger partial charge in [0.15, 0.2) is 0 Å². The van der Waals surface area contributed by atoms with Crippen LogP contribution in [-0.2, 0) is 0 Å². The molecule has 0 bridgehead atoms. The molecule has 0 atom stereocenters. The monoisotopic (exact) mass is 260 g/mol. The molecule has 1 aromatic carbocycles. The molecule has 96 valence electrons. The van der Waals surface area contributed by atoms with Gasteiger partial charge in [0, 0.05) is 24.2 Å². The van der Waals surface area contributed by atoms with Gasteiger partial charge in [-0.3, -0.25) is 4.40 Å². The standard InChI is InChI=1S/C16H12N4/c1-2-5-13(6-3-1)15-11-17-16-8-7-14(12-19(15)16)20-10-4-9-18-20/h1-12H. The number of rotatable bonds is 2. The molecule has 0 unspecified atom stereocenters. The molecular weight excluding hydrogens is 248 g/mol. The highest BCUT2D eigenvalue weighted by Gasteiger charge is 2.06. The minimum absolute atomic E-state index is 0.930. The van der Waals surface area contributed by atoms with Crippen LogP contribution in [0.1, 0.15) is 0 Å². The van der Waals surface area contributed by atoms with E-state index in [-0.39, 0.29) is 0 Å². The summed E-state index contributed by atoms with van der Waals surface area (Å²) < 4.78 is 3.93. The Bertz CT molecular complexity index is 845. The maximum atomic E-state index is 4.45. The van der Waals surface area contributed by atoms with Crippen molar-refractivity contribution in [3.8, 4) is 16.9 Å². The van der Waals surface area contributed by atoms with Crippen LogP contribution in [0.5, 0.6) is 0 Å². The van der Waals surface area contributed by atoms with Crippen molar-refractivity contribution in [3.63, 3.8) is 0 Å². The van der Waals surface area contributed by atoms with Crippen molar-refractivity contribution in [1.82, 2.24) is 19.2 Å². The van der Waals surface area contributed by atoms with Gasteiger partial charge in [0.2, 0.25) is 0 Å². The first-order valence-electron chi connectivity index (χ1n) is 6.44. The highest BCUT2D eigenvalue weighted by atomic mass is 15.3. The Morgan fingerprint density at radius 3 is 2.60 bits per heavy atom. The number of aromatic nitrogens is 4. The zero-order chi connectivity index (χ0) is 13.4. The van der Waals surface area contributed by atoms with Crippen molar-refractivity contribution in [2.75, 3.05) is 0 Å². The van der Waals surface area contributed by atoms with Gasteiger partial charge in [0.25, 0.3) is 0 Å². The van der Waals surface area contributed by atoms with E-state index in [1.807, 2.05) is 53.5 Å². The molecule has 0 radical (unpaired) electrons. The van der Waals surface area contributed by atoms with Gasteiger partial charge >= 0.3 is 0 Å². The van der Waals surface area contributed by atoms with Crippen LogP contribution in [-0.4, -0.2) is 19.2 Å². The van der Waals surface area contributed by atoms with Crippen LogP contribution < -0.4 is 0 Å². The van der Waals surface area contributed by atoms with Crippen LogP contribution in [0.15, 0.2) is 73.3 Å². The maximum Gasteiger partial charge on any atom is 0.137 e. The summed E-state index contributed by atoms with van der Waals surface area (Å²) in [5.74, 6) is 0. The highest BCUT2D eigenvalue weighted by molar-refractivity contribution is 5.64. The van der Waals surface area contributed by atoms with Crippen molar-refractivity contribution < 1.29 is 0 Å². The Labute approximate surface area is 115 Å². The van der Waals surface area contributed by atoms with Gasteiger partial charge in [-0.25, -0.2) is 9.67 Å². The molecule has 0 N–H and O–H groups in total. The number of benzene rings is 1. The van der Waals surface area contributed by atoms with Crippen molar-refractivity contribution in [2.45, 2.75) is 0 Å². The van der Waals surface area contributed by atoms with Crippen LogP contribution >= 0.6 is 0 Å². The lowest BCUT2D eigenvalue weighted by molar-refractivity contribution is 0.871. The molecule has 4 nitrogen and oxygen atoms in total. The van der Waals surface area contributed by atoms with E-state index in [0.29, 0.717) is 0 Å². The van der Waals surface area contributed by atoms with Gasteiger partial charge in [-0.05, 0) is 18.2 Å². The normalized spacial score (nSPS) is 11.0. The number of imidazole rings is 1. The van der Waals surface area contributed by atoms with E-state index in [9.17, 15) is 0 Å². The Morgan fingerprint density at radius 2 is 1.80 bits per heavy atom. The first-order valence-corrected chi connectivity index (χ1v) is 6.44. The first kappa shape index (κ1) is 11.0. The molecule has 0 aliphatic carbocycles. The van der Waals surface area contributed by atoms with Gasteiger partial charge in [0.1, 0.15) is 5.65 Å². The first-order chi connectivity index (χ1) is 9.92. The van der Waals surface area contributed by atoms with Crippen LogP contribution in [0, 0.1) is 0 Å². The lowest BCUT2D eigenvalue weighted by Gasteiger charge is -2.05. The molecule has 0 aliphatic heterocycles. The van der Waals surface area contributed by atoms with E-state index in [0.717, 1.165) is 22.6 Å². The fraction of sp³-hybridized carbons (Fsp3) is 0. The number of hydrogen-bond acceptors (Lipinski definition) is 2. The number of hydrogen-bond donors (Lipinski definition) is 0. The van der Waals surface area contributed by atoms with Gasteiger partial charge < -0.3 is 0 Å². The molecule has 3 heterocycles. The second kappa shape index (κ2) is 4.35. The molecule has 0 fully saturated rings. The summed E-state index contributed by atoms with van der Waals surface area (Å²) in [5, 5.41) is 4.26. The van der Waals surface area contributed by atoms with E-state index in [1.165, 1.54) is 0 Å². The molecule has 0 aliphatic rings. The summed E-state index contributed by atoms with van der Waals surface area (Å²) in [6, 6.07) is 16.2. The van der Waals surface area contributed by atoms with Crippen molar-refractivity contribution in [1.29, 1.82) is 0 Å². The minimum Gasteiger partial charge on any atom is -0.298 e. The molecular formula is C16H12N4. The second-order valence-electron chi connectivity index (χ2n) is 4.58. The zero-order valence-corrected chi connectivity index (χ0v) is 10.7. The largest absolute Gasteiger partial charge is 0.298 e. The molecule has 20 heavy (non-hydrogen) atoms. The Hall–Kier alpha value is -2.88. The summed E-state index contributed by atoms with van der Waals surface area (Å²) in [4.78, 5) is 4.45. The van der Waals surface area contributed by atoms with Crippen LogP contribution in [0.3, 0.4) is 0 Å². The fourth-order valence-corrected chi connectivity index (χ4v) is 2.35. The molecule has 0 saturated carbocycles. The van der Waals surface area contributed by atoms with E-state index >= 15 is 0 Å². The molecule has 4 heteroatoms. The van der Waals surface area contributed by atoms with Crippen LogP contribution in [0.25, 0.3) is 22.6 Å². The maximum absolute atomic E-state index is 4.45.